The Labute approximate surface area is 115 Å². The first-order valence-electron chi connectivity index (χ1n) is 6.69. The monoisotopic (exact) mass is 255 g/mol. The van der Waals surface area contributed by atoms with Crippen molar-refractivity contribution in [1.82, 2.24) is 9.97 Å². The molecule has 3 nitrogen and oxygen atoms in total. The molecule has 0 bridgehead atoms. The van der Waals surface area contributed by atoms with Crippen molar-refractivity contribution in [3.63, 3.8) is 0 Å². The lowest BCUT2D eigenvalue weighted by atomic mass is 9.83. The molecule has 3 heteroatoms. The molecule has 1 heterocycles. The molecule has 19 heavy (non-hydrogen) atoms. The highest BCUT2D eigenvalue weighted by Crippen LogP contribution is 2.29. The van der Waals surface area contributed by atoms with Gasteiger partial charge >= 0.3 is 0 Å². The van der Waals surface area contributed by atoms with E-state index in [-0.39, 0.29) is 5.41 Å². The highest BCUT2D eigenvalue weighted by Gasteiger charge is 2.26. The first-order chi connectivity index (χ1) is 9.04. The first kappa shape index (κ1) is 13.5. The summed E-state index contributed by atoms with van der Waals surface area (Å²) in [6.45, 7) is 9.26. The zero-order chi connectivity index (χ0) is 13.9. The second-order valence-corrected chi connectivity index (χ2v) is 5.24. The molecule has 1 aromatic carbocycles. The van der Waals surface area contributed by atoms with Crippen LogP contribution in [0, 0.1) is 6.92 Å². The molecule has 1 N–H and O–H groups in total. The Kier molecular flexibility index (Phi) is 3.84. The third-order valence-electron chi connectivity index (χ3n) is 3.27. The number of aromatic nitrogens is 2. The van der Waals surface area contributed by atoms with Gasteiger partial charge < -0.3 is 5.32 Å². The van der Waals surface area contributed by atoms with Gasteiger partial charge in [0.25, 0.3) is 0 Å². The number of nitrogens with one attached hydrogen (secondary N) is 1. The van der Waals surface area contributed by atoms with Gasteiger partial charge in [-0.1, -0.05) is 30.3 Å². The van der Waals surface area contributed by atoms with E-state index in [1.165, 1.54) is 5.56 Å². The number of aryl methyl sites for hydroxylation is 1. The van der Waals surface area contributed by atoms with Crippen molar-refractivity contribution in [3.8, 4) is 0 Å². The largest absolute Gasteiger partial charge is 0.370 e. The van der Waals surface area contributed by atoms with Crippen molar-refractivity contribution in [2.24, 2.45) is 0 Å². The van der Waals surface area contributed by atoms with Crippen LogP contribution in [-0.2, 0) is 5.41 Å². The summed E-state index contributed by atoms with van der Waals surface area (Å²) in [5, 5.41) is 3.26. The molecule has 1 aromatic heterocycles. The summed E-state index contributed by atoms with van der Waals surface area (Å²) in [7, 11) is 0. The average molecular weight is 255 g/mol. The van der Waals surface area contributed by atoms with Crippen molar-refractivity contribution in [1.29, 1.82) is 0 Å². The lowest BCUT2D eigenvalue weighted by Gasteiger charge is -2.24. The summed E-state index contributed by atoms with van der Waals surface area (Å²) in [6, 6.07) is 12.4. The second kappa shape index (κ2) is 5.39. The van der Waals surface area contributed by atoms with Crippen LogP contribution in [0.2, 0.25) is 0 Å². The van der Waals surface area contributed by atoms with Crippen molar-refractivity contribution in [3.05, 3.63) is 53.5 Å². The fourth-order valence-corrected chi connectivity index (χ4v) is 2.10. The van der Waals surface area contributed by atoms with E-state index < -0.39 is 0 Å². The third kappa shape index (κ3) is 2.92. The van der Waals surface area contributed by atoms with E-state index in [2.05, 4.69) is 60.3 Å². The average Bonchev–Trinajstić information content (AvgIpc) is 2.39. The number of rotatable bonds is 4. The smallest absolute Gasteiger partial charge is 0.140 e. The molecule has 100 valence electrons. The summed E-state index contributed by atoms with van der Waals surface area (Å²) < 4.78 is 0. The third-order valence-corrected chi connectivity index (χ3v) is 3.27. The van der Waals surface area contributed by atoms with Crippen LogP contribution in [0.25, 0.3) is 0 Å². The molecule has 0 aliphatic heterocycles. The molecule has 0 amide bonds. The number of benzene rings is 1. The normalized spacial score (nSPS) is 11.4. The predicted octanol–water partition coefficient (Wildman–Crippen LogP) is 3.54. The highest BCUT2D eigenvalue weighted by molar-refractivity contribution is 5.39. The Morgan fingerprint density at radius 2 is 1.79 bits per heavy atom. The van der Waals surface area contributed by atoms with Gasteiger partial charge in [0.15, 0.2) is 0 Å². The van der Waals surface area contributed by atoms with Crippen molar-refractivity contribution in [2.45, 2.75) is 33.1 Å². The molecule has 0 atom stereocenters. The molecule has 0 radical (unpaired) electrons. The van der Waals surface area contributed by atoms with Crippen LogP contribution in [0.4, 0.5) is 5.82 Å². The minimum absolute atomic E-state index is 0.197. The maximum atomic E-state index is 4.65. The van der Waals surface area contributed by atoms with Gasteiger partial charge in [0, 0.05) is 23.7 Å². The molecule has 0 saturated heterocycles. The van der Waals surface area contributed by atoms with Crippen LogP contribution < -0.4 is 5.32 Å². The lowest BCUT2D eigenvalue weighted by molar-refractivity contribution is 0.588. The van der Waals surface area contributed by atoms with E-state index in [9.17, 15) is 0 Å². The van der Waals surface area contributed by atoms with Crippen molar-refractivity contribution < 1.29 is 0 Å². The number of hydrogen-bond donors (Lipinski definition) is 1. The summed E-state index contributed by atoms with van der Waals surface area (Å²) >= 11 is 0. The predicted molar refractivity (Wildman–Crippen MR) is 79.5 cm³/mol. The van der Waals surface area contributed by atoms with E-state index >= 15 is 0 Å². The first-order valence-corrected chi connectivity index (χ1v) is 6.69. The van der Waals surface area contributed by atoms with Gasteiger partial charge in [0.05, 0.1) is 0 Å². The van der Waals surface area contributed by atoms with E-state index in [1.54, 1.807) is 0 Å². The van der Waals surface area contributed by atoms with Crippen LogP contribution in [0.5, 0.6) is 0 Å². The topological polar surface area (TPSA) is 37.8 Å². The van der Waals surface area contributed by atoms with Gasteiger partial charge in [0.2, 0.25) is 0 Å². The van der Waals surface area contributed by atoms with E-state index in [4.69, 9.17) is 0 Å². The number of anilines is 1. The fraction of sp³-hybridized carbons (Fsp3) is 0.375. The van der Waals surface area contributed by atoms with Gasteiger partial charge in [-0.3, -0.25) is 0 Å². The van der Waals surface area contributed by atoms with Crippen molar-refractivity contribution in [2.75, 3.05) is 11.9 Å². The van der Waals surface area contributed by atoms with Gasteiger partial charge in [-0.15, -0.1) is 0 Å². The SMILES string of the molecule is CCNc1cc(C)nc(C(C)(C)c2ccccc2)n1. The van der Waals surface area contributed by atoms with E-state index in [0.717, 1.165) is 23.9 Å². The molecule has 0 fully saturated rings. The second-order valence-electron chi connectivity index (χ2n) is 5.24. The fourth-order valence-electron chi connectivity index (χ4n) is 2.10. The van der Waals surface area contributed by atoms with Crippen LogP contribution >= 0.6 is 0 Å². The Hall–Kier alpha value is -1.90. The van der Waals surface area contributed by atoms with E-state index in [0.29, 0.717) is 0 Å². The minimum atomic E-state index is -0.197. The highest BCUT2D eigenvalue weighted by atomic mass is 15.0. The van der Waals surface area contributed by atoms with Crippen LogP contribution in [-0.4, -0.2) is 16.5 Å². The molecule has 0 saturated carbocycles. The quantitative estimate of drug-likeness (QED) is 0.908. The Bertz CT molecular complexity index is 547. The molecule has 2 rings (SSSR count). The summed E-state index contributed by atoms with van der Waals surface area (Å²) in [5.74, 6) is 1.75. The van der Waals surface area contributed by atoms with Gasteiger partial charge in [-0.25, -0.2) is 9.97 Å². The van der Waals surface area contributed by atoms with Crippen LogP contribution in [0.1, 0.15) is 37.9 Å². The zero-order valence-electron chi connectivity index (χ0n) is 12.1. The van der Waals surface area contributed by atoms with E-state index in [1.807, 2.05) is 19.1 Å². The summed E-state index contributed by atoms with van der Waals surface area (Å²) in [6.07, 6.45) is 0. The summed E-state index contributed by atoms with van der Waals surface area (Å²) in [5.41, 5.74) is 2.02. The molecule has 0 aliphatic carbocycles. The van der Waals surface area contributed by atoms with Crippen LogP contribution in [0.15, 0.2) is 36.4 Å². The van der Waals surface area contributed by atoms with Gasteiger partial charge in [-0.2, -0.15) is 0 Å². The van der Waals surface area contributed by atoms with Gasteiger partial charge in [0.1, 0.15) is 11.6 Å². The molecule has 2 aromatic rings. The molecular formula is C16H21N3. The molecule has 0 unspecified atom stereocenters. The standard InChI is InChI=1S/C16H21N3/c1-5-17-14-11-12(2)18-15(19-14)16(3,4)13-9-7-6-8-10-13/h6-11H,5H2,1-4H3,(H,17,18,19). The number of nitrogens with zero attached hydrogens (tertiary/aromatic N) is 2. The molecular weight excluding hydrogens is 234 g/mol. The Morgan fingerprint density at radius 1 is 1.11 bits per heavy atom. The maximum absolute atomic E-state index is 4.65. The summed E-state index contributed by atoms with van der Waals surface area (Å²) in [4.78, 5) is 9.26. The maximum Gasteiger partial charge on any atom is 0.140 e. The number of hydrogen-bond acceptors (Lipinski definition) is 3. The Morgan fingerprint density at radius 3 is 2.42 bits per heavy atom. The van der Waals surface area contributed by atoms with Crippen molar-refractivity contribution >= 4 is 5.82 Å². The molecule has 0 spiro atoms. The van der Waals surface area contributed by atoms with Gasteiger partial charge in [-0.05, 0) is 33.3 Å². The molecule has 0 aliphatic rings. The zero-order valence-corrected chi connectivity index (χ0v) is 12.1. The minimum Gasteiger partial charge on any atom is -0.370 e. The van der Waals surface area contributed by atoms with Crippen LogP contribution in [0.3, 0.4) is 0 Å². The Balaban J connectivity index is 2.45. The lowest BCUT2D eigenvalue weighted by Crippen LogP contribution is -2.23.